The summed E-state index contributed by atoms with van der Waals surface area (Å²) in [5, 5.41) is 0.366. The first-order valence-corrected chi connectivity index (χ1v) is 7.33. The molecular weight excluding hydrogens is 306 g/mol. The maximum Gasteiger partial charge on any atom is 0.359 e. The highest BCUT2D eigenvalue weighted by atomic mass is 35.5. The minimum atomic E-state index is -0.593. The van der Waals surface area contributed by atoms with Gasteiger partial charge in [0.05, 0.1) is 6.10 Å². The van der Waals surface area contributed by atoms with E-state index in [1.807, 2.05) is 0 Å². The Morgan fingerprint density at radius 1 is 1.45 bits per heavy atom. The topological polar surface area (TPSA) is 64.2 Å². The lowest BCUT2D eigenvalue weighted by atomic mass is 10.1. The maximum absolute atomic E-state index is 12.5. The van der Waals surface area contributed by atoms with E-state index < -0.39 is 12.0 Å². The number of esters is 1. The Morgan fingerprint density at radius 3 is 2.86 bits per heavy atom. The van der Waals surface area contributed by atoms with Crippen LogP contribution in [0.3, 0.4) is 0 Å². The van der Waals surface area contributed by atoms with E-state index in [1.54, 1.807) is 43.5 Å². The van der Waals surface area contributed by atoms with Gasteiger partial charge in [-0.3, -0.25) is 4.57 Å². The summed E-state index contributed by atoms with van der Waals surface area (Å²) < 4.78 is 7.72. The number of para-hydroxylation sites is 1. The maximum atomic E-state index is 12.5. The van der Waals surface area contributed by atoms with Gasteiger partial charge in [0.1, 0.15) is 22.7 Å². The van der Waals surface area contributed by atoms with E-state index in [9.17, 15) is 9.70 Å². The third kappa shape index (κ3) is 2.11. The average Bonchev–Trinajstić information content (AvgIpc) is 2.89. The SMILES string of the molecule is CC(C)OC(=O)c1ncn2c1C(C)[N+](=O)c1c(Cl)cccc1-2. The first-order chi connectivity index (χ1) is 10.4. The van der Waals surface area contributed by atoms with Gasteiger partial charge >= 0.3 is 5.97 Å². The molecule has 0 fully saturated rings. The predicted octanol–water partition coefficient (Wildman–Crippen LogP) is 3.58. The standard InChI is InChI=1S/C15H15ClN3O3/c1-8(2)22-15(20)12-13-9(3)19(21)14-10(16)5-4-6-11(14)18(13)7-17-12/h4-9H,1-3H3/q+1. The van der Waals surface area contributed by atoms with Crippen molar-refractivity contribution < 1.29 is 14.3 Å². The van der Waals surface area contributed by atoms with Crippen LogP contribution in [0.2, 0.25) is 5.02 Å². The van der Waals surface area contributed by atoms with Gasteiger partial charge in [-0.1, -0.05) is 17.7 Å². The second kappa shape index (κ2) is 5.21. The number of nitroso groups, excluding NO2 is 1. The normalized spacial score (nSPS) is 16.4. The van der Waals surface area contributed by atoms with Crippen molar-refractivity contribution in [3.63, 3.8) is 0 Å². The Bertz CT molecular complexity index is 782. The molecular formula is C15H15ClN3O3+. The van der Waals surface area contributed by atoms with Gasteiger partial charge in [0.15, 0.2) is 5.69 Å². The number of nitrogens with zero attached hydrogens (tertiary/aromatic N) is 3. The molecule has 1 aromatic carbocycles. The second-order valence-electron chi connectivity index (χ2n) is 5.41. The number of benzene rings is 1. The molecule has 0 amide bonds. The molecule has 0 saturated heterocycles. The number of hydrogen-bond donors (Lipinski definition) is 0. The highest BCUT2D eigenvalue weighted by molar-refractivity contribution is 6.33. The molecule has 0 spiro atoms. The van der Waals surface area contributed by atoms with Crippen molar-refractivity contribution in [2.45, 2.75) is 32.9 Å². The lowest BCUT2D eigenvalue weighted by molar-refractivity contribution is -0.511. The molecule has 1 aliphatic rings. The van der Waals surface area contributed by atoms with E-state index in [-0.39, 0.29) is 11.8 Å². The van der Waals surface area contributed by atoms with Crippen molar-refractivity contribution in [2.75, 3.05) is 0 Å². The summed E-state index contributed by atoms with van der Waals surface area (Å²) in [6.45, 7) is 5.23. The molecule has 2 heterocycles. The minimum Gasteiger partial charge on any atom is -0.458 e. The van der Waals surface area contributed by atoms with Crippen molar-refractivity contribution in [2.24, 2.45) is 0 Å². The number of carbonyl (C=O) groups is 1. The summed E-state index contributed by atoms with van der Waals surface area (Å²) in [5.41, 5.74) is 1.65. The van der Waals surface area contributed by atoms with Gasteiger partial charge in [-0.25, -0.2) is 9.78 Å². The zero-order chi connectivity index (χ0) is 16.0. The summed E-state index contributed by atoms with van der Waals surface area (Å²) in [5.74, 6) is -0.533. The lowest BCUT2D eigenvalue weighted by Gasteiger charge is -2.18. The molecule has 1 unspecified atom stereocenters. The van der Waals surface area contributed by atoms with Gasteiger partial charge in [-0.05, 0) is 26.0 Å². The number of carbonyl (C=O) groups excluding carboxylic acids is 1. The Hall–Kier alpha value is -2.21. The van der Waals surface area contributed by atoms with E-state index in [4.69, 9.17) is 16.3 Å². The molecule has 7 heteroatoms. The van der Waals surface area contributed by atoms with E-state index >= 15 is 0 Å². The fourth-order valence-corrected chi connectivity index (χ4v) is 2.85. The van der Waals surface area contributed by atoms with Gasteiger partial charge in [0.25, 0.3) is 5.69 Å². The molecule has 0 saturated carbocycles. The fourth-order valence-electron chi connectivity index (χ4n) is 2.60. The molecule has 0 aliphatic carbocycles. The van der Waals surface area contributed by atoms with Crippen LogP contribution < -0.4 is 0 Å². The zero-order valence-corrected chi connectivity index (χ0v) is 13.2. The monoisotopic (exact) mass is 320 g/mol. The summed E-state index contributed by atoms with van der Waals surface area (Å²) in [6.07, 6.45) is 1.26. The number of fused-ring (bicyclic) bond motifs is 3. The first kappa shape index (κ1) is 14.7. The number of rotatable bonds is 2. The van der Waals surface area contributed by atoms with Crippen LogP contribution in [0.1, 0.15) is 43.0 Å². The third-order valence-electron chi connectivity index (χ3n) is 3.53. The lowest BCUT2D eigenvalue weighted by Crippen LogP contribution is -2.23. The first-order valence-electron chi connectivity index (χ1n) is 6.95. The van der Waals surface area contributed by atoms with Crippen molar-refractivity contribution in [3.8, 4) is 5.69 Å². The van der Waals surface area contributed by atoms with Crippen LogP contribution >= 0.6 is 11.6 Å². The Labute approximate surface area is 132 Å². The minimum absolute atomic E-state index is 0.160. The van der Waals surface area contributed by atoms with E-state index in [0.29, 0.717) is 22.1 Å². The molecule has 1 atom stereocenters. The predicted molar refractivity (Wildman–Crippen MR) is 80.8 cm³/mol. The van der Waals surface area contributed by atoms with Crippen LogP contribution in [0.5, 0.6) is 0 Å². The van der Waals surface area contributed by atoms with Crippen molar-refractivity contribution in [1.82, 2.24) is 9.55 Å². The molecule has 114 valence electrons. The second-order valence-corrected chi connectivity index (χ2v) is 5.82. The van der Waals surface area contributed by atoms with Crippen LogP contribution in [-0.4, -0.2) is 26.4 Å². The van der Waals surface area contributed by atoms with Crippen LogP contribution in [0.25, 0.3) is 5.69 Å². The molecule has 1 aromatic heterocycles. The highest BCUT2D eigenvalue weighted by Gasteiger charge is 2.42. The molecule has 3 rings (SSSR count). The molecule has 0 N–H and O–H groups in total. The van der Waals surface area contributed by atoms with Crippen LogP contribution in [-0.2, 0) is 4.74 Å². The van der Waals surface area contributed by atoms with Crippen molar-refractivity contribution in [1.29, 1.82) is 0 Å². The van der Waals surface area contributed by atoms with E-state index in [1.165, 1.54) is 6.33 Å². The van der Waals surface area contributed by atoms with Crippen LogP contribution in [0.4, 0.5) is 5.69 Å². The van der Waals surface area contributed by atoms with Crippen LogP contribution in [0, 0.1) is 4.91 Å². The van der Waals surface area contributed by atoms with Gasteiger partial charge in [-0.2, -0.15) is 0 Å². The Kier molecular flexibility index (Phi) is 3.48. The summed E-state index contributed by atoms with van der Waals surface area (Å²) in [7, 11) is 0. The molecule has 0 bridgehead atoms. The van der Waals surface area contributed by atoms with Gasteiger partial charge in [0, 0.05) is 16.6 Å². The van der Waals surface area contributed by atoms with Crippen molar-refractivity contribution in [3.05, 3.63) is 45.8 Å². The molecule has 22 heavy (non-hydrogen) atoms. The fraction of sp³-hybridized carbons (Fsp3) is 0.333. The third-order valence-corrected chi connectivity index (χ3v) is 3.84. The van der Waals surface area contributed by atoms with Gasteiger partial charge in [-0.15, -0.1) is 0 Å². The largest absolute Gasteiger partial charge is 0.458 e. The number of aromatic nitrogens is 2. The number of hydrogen-bond acceptors (Lipinski definition) is 4. The molecule has 2 aromatic rings. The van der Waals surface area contributed by atoms with E-state index in [0.717, 1.165) is 4.76 Å². The van der Waals surface area contributed by atoms with E-state index in [2.05, 4.69) is 4.98 Å². The molecule has 1 aliphatic heterocycles. The number of imidazole rings is 1. The average molecular weight is 321 g/mol. The summed E-state index contributed by atoms with van der Waals surface area (Å²) >= 11 is 6.14. The summed E-state index contributed by atoms with van der Waals surface area (Å²) in [6, 6.07) is 4.58. The highest BCUT2D eigenvalue weighted by Crippen LogP contribution is 2.41. The quantitative estimate of drug-likeness (QED) is 0.626. The zero-order valence-electron chi connectivity index (χ0n) is 12.4. The Morgan fingerprint density at radius 2 is 2.18 bits per heavy atom. The number of ether oxygens (including phenoxy) is 1. The molecule has 6 nitrogen and oxygen atoms in total. The number of halogens is 1. The van der Waals surface area contributed by atoms with Crippen LogP contribution in [0.15, 0.2) is 24.5 Å². The summed E-state index contributed by atoms with van der Waals surface area (Å²) in [4.78, 5) is 28.9. The van der Waals surface area contributed by atoms with Crippen molar-refractivity contribution >= 4 is 23.3 Å². The van der Waals surface area contributed by atoms with Gasteiger partial charge < -0.3 is 4.74 Å². The van der Waals surface area contributed by atoms with Gasteiger partial charge in [0.2, 0.25) is 6.04 Å². The Balaban J connectivity index is 2.19. The smallest absolute Gasteiger partial charge is 0.359 e. The molecule has 0 radical (unpaired) electrons.